The van der Waals surface area contributed by atoms with E-state index < -0.39 is 18.2 Å². The largest absolute Gasteiger partial charge is 0.465 e. The first-order valence-corrected chi connectivity index (χ1v) is 3.19. The van der Waals surface area contributed by atoms with Crippen molar-refractivity contribution in [3.8, 4) is 6.07 Å². The second-order valence-corrected chi connectivity index (χ2v) is 2.04. The van der Waals surface area contributed by atoms with Gasteiger partial charge in [-0.1, -0.05) is 6.92 Å². The fourth-order valence-electron chi connectivity index (χ4n) is 0.653. The van der Waals surface area contributed by atoms with Gasteiger partial charge in [-0.3, -0.25) is 0 Å². The minimum absolute atomic E-state index is 0.390. The number of aliphatic hydroxyl groups excluding tert-OH is 1. The van der Waals surface area contributed by atoms with E-state index in [0.29, 0.717) is 6.42 Å². The molecule has 0 saturated carbocycles. The Morgan fingerprint density at radius 2 is 2.36 bits per heavy atom. The van der Waals surface area contributed by atoms with Crippen LogP contribution in [0.25, 0.3) is 0 Å². The number of hydrogen-bond donors (Lipinski definition) is 3. The Morgan fingerprint density at radius 1 is 1.82 bits per heavy atom. The van der Waals surface area contributed by atoms with Crippen molar-refractivity contribution in [2.24, 2.45) is 0 Å². The molecule has 2 atom stereocenters. The average Bonchev–Trinajstić information content (AvgIpc) is 1.98. The number of nitrogens with zero attached hydrogens (tertiary/aromatic N) is 1. The molecule has 0 bridgehead atoms. The maximum Gasteiger partial charge on any atom is 0.405 e. The van der Waals surface area contributed by atoms with Gasteiger partial charge in [-0.05, 0) is 6.42 Å². The fraction of sp³-hybridized carbons (Fsp3) is 0.667. The van der Waals surface area contributed by atoms with Gasteiger partial charge in [0, 0.05) is 0 Å². The lowest BCUT2D eigenvalue weighted by atomic mass is 10.1. The number of rotatable bonds is 3. The van der Waals surface area contributed by atoms with E-state index in [1.54, 1.807) is 13.0 Å². The van der Waals surface area contributed by atoms with Gasteiger partial charge in [-0.2, -0.15) is 5.26 Å². The highest BCUT2D eigenvalue weighted by Gasteiger charge is 2.17. The topological polar surface area (TPSA) is 93.3 Å². The molecule has 0 aliphatic rings. The predicted octanol–water partition coefficient (Wildman–Crippen LogP) is -0.0829. The molecule has 0 spiro atoms. The highest BCUT2D eigenvalue weighted by molar-refractivity contribution is 5.65. The van der Waals surface area contributed by atoms with Crippen molar-refractivity contribution in [2.45, 2.75) is 25.5 Å². The van der Waals surface area contributed by atoms with Gasteiger partial charge in [0.25, 0.3) is 0 Å². The molecular formula is C6H10N2O3. The summed E-state index contributed by atoms with van der Waals surface area (Å²) in [6, 6.07) is 0.854. The van der Waals surface area contributed by atoms with Crippen LogP contribution >= 0.6 is 0 Å². The number of nitriles is 1. The highest BCUT2D eigenvalue weighted by Crippen LogP contribution is 1.96. The van der Waals surface area contributed by atoms with Gasteiger partial charge in [-0.25, -0.2) is 4.79 Å². The maximum atomic E-state index is 10.1. The molecule has 0 heterocycles. The summed E-state index contributed by atoms with van der Waals surface area (Å²) in [5.74, 6) is 0. The number of hydrogen-bond acceptors (Lipinski definition) is 3. The second kappa shape index (κ2) is 4.52. The molecule has 11 heavy (non-hydrogen) atoms. The Labute approximate surface area is 64.3 Å². The Morgan fingerprint density at radius 3 is 2.64 bits per heavy atom. The van der Waals surface area contributed by atoms with Crippen LogP contribution in [0.2, 0.25) is 0 Å². The molecule has 0 rings (SSSR count). The monoisotopic (exact) mass is 158 g/mol. The number of nitrogens with one attached hydrogen (secondary N) is 1. The van der Waals surface area contributed by atoms with E-state index in [1.165, 1.54) is 0 Å². The summed E-state index contributed by atoms with van der Waals surface area (Å²) in [4.78, 5) is 10.1. The molecule has 1 amide bonds. The molecule has 5 heteroatoms. The third-order valence-electron chi connectivity index (χ3n) is 1.26. The first-order valence-electron chi connectivity index (χ1n) is 3.19. The Kier molecular flexibility index (Phi) is 4.00. The summed E-state index contributed by atoms with van der Waals surface area (Å²) in [5, 5.41) is 27.3. The summed E-state index contributed by atoms with van der Waals surface area (Å²) < 4.78 is 0. The summed E-state index contributed by atoms with van der Waals surface area (Å²) in [7, 11) is 0. The Balaban J connectivity index is 3.97. The lowest BCUT2D eigenvalue weighted by Crippen LogP contribution is -2.41. The smallest absolute Gasteiger partial charge is 0.405 e. The first-order chi connectivity index (χ1) is 5.11. The van der Waals surface area contributed by atoms with Crippen molar-refractivity contribution in [3.05, 3.63) is 0 Å². The van der Waals surface area contributed by atoms with Crippen LogP contribution < -0.4 is 5.32 Å². The van der Waals surface area contributed by atoms with Crippen molar-refractivity contribution in [1.29, 1.82) is 5.26 Å². The van der Waals surface area contributed by atoms with Crippen LogP contribution in [0.3, 0.4) is 0 Å². The molecule has 0 fully saturated rings. The van der Waals surface area contributed by atoms with Gasteiger partial charge >= 0.3 is 6.09 Å². The number of carboxylic acid groups (broad SMARTS) is 1. The maximum absolute atomic E-state index is 10.1. The Hall–Kier alpha value is -1.28. The molecule has 0 radical (unpaired) electrons. The summed E-state index contributed by atoms with van der Waals surface area (Å²) in [5.41, 5.74) is 0. The lowest BCUT2D eigenvalue weighted by molar-refractivity contribution is 0.153. The molecule has 0 saturated heterocycles. The standard InChI is InChI=1S/C6H10N2O3/c1-2-4(5(9)3-7)8-6(10)11/h4-5,8-9H,2H2,1H3,(H,10,11)/t4-,5?/m0/s1. The molecule has 3 N–H and O–H groups in total. The van der Waals surface area contributed by atoms with Gasteiger partial charge in [0.2, 0.25) is 0 Å². The number of carbonyl (C=O) groups is 1. The van der Waals surface area contributed by atoms with Gasteiger partial charge in [0.1, 0.15) is 0 Å². The second-order valence-electron chi connectivity index (χ2n) is 2.04. The molecule has 0 aliphatic heterocycles. The van der Waals surface area contributed by atoms with E-state index in [9.17, 15) is 4.79 Å². The van der Waals surface area contributed by atoms with Gasteiger partial charge in [0.15, 0.2) is 6.10 Å². The molecule has 5 nitrogen and oxygen atoms in total. The zero-order valence-electron chi connectivity index (χ0n) is 6.11. The van der Waals surface area contributed by atoms with E-state index in [-0.39, 0.29) is 0 Å². The van der Waals surface area contributed by atoms with E-state index in [1.807, 2.05) is 5.32 Å². The quantitative estimate of drug-likeness (QED) is 0.500. The van der Waals surface area contributed by atoms with E-state index in [4.69, 9.17) is 15.5 Å². The number of amides is 1. The molecular weight excluding hydrogens is 148 g/mol. The van der Waals surface area contributed by atoms with Crippen LogP contribution in [-0.4, -0.2) is 28.5 Å². The fourth-order valence-corrected chi connectivity index (χ4v) is 0.653. The highest BCUT2D eigenvalue weighted by atomic mass is 16.4. The molecule has 0 aromatic rings. The third kappa shape index (κ3) is 3.43. The van der Waals surface area contributed by atoms with E-state index in [0.717, 1.165) is 0 Å². The van der Waals surface area contributed by atoms with Crippen LogP contribution in [0.4, 0.5) is 4.79 Å². The molecule has 1 unspecified atom stereocenters. The SMILES string of the molecule is CC[C@H](NC(=O)O)C(O)C#N. The third-order valence-corrected chi connectivity index (χ3v) is 1.26. The van der Waals surface area contributed by atoms with Crippen LogP contribution in [0.5, 0.6) is 0 Å². The number of aliphatic hydroxyl groups is 1. The molecule has 0 aromatic heterocycles. The Bertz CT molecular complexity index is 175. The van der Waals surface area contributed by atoms with Crippen molar-refractivity contribution >= 4 is 6.09 Å². The van der Waals surface area contributed by atoms with Crippen molar-refractivity contribution in [2.75, 3.05) is 0 Å². The van der Waals surface area contributed by atoms with Gasteiger partial charge in [0.05, 0.1) is 12.1 Å². The van der Waals surface area contributed by atoms with Crippen molar-refractivity contribution in [1.82, 2.24) is 5.32 Å². The van der Waals surface area contributed by atoms with Crippen LogP contribution in [0.15, 0.2) is 0 Å². The summed E-state index contributed by atoms with van der Waals surface area (Å²) in [6.07, 6.45) is -2.11. The van der Waals surface area contributed by atoms with Crippen LogP contribution in [-0.2, 0) is 0 Å². The lowest BCUT2D eigenvalue weighted by Gasteiger charge is -2.14. The molecule has 62 valence electrons. The summed E-state index contributed by atoms with van der Waals surface area (Å²) >= 11 is 0. The first kappa shape index (κ1) is 9.72. The van der Waals surface area contributed by atoms with Crippen molar-refractivity contribution in [3.63, 3.8) is 0 Å². The van der Waals surface area contributed by atoms with Crippen LogP contribution in [0.1, 0.15) is 13.3 Å². The molecule has 0 aliphatic carbocycles. The predicted molar refractivity (Wildman–Crippen MR) is 36.9 cm³/mol. The molecule has 0 aromatic carbocycles. The zero-order chi connectivity index (χ0) is 8.85. The van der Waals surface area contributed by atoms with Gasteiger partial charge in [-0.15, -0.1) is 0 Å². The minimum Gasteiger partial charge on any atom is -0.465 e. The van der Waals surface area contributed by atoms with E-state index in [2.05, 4.69) is 0 Å². The average molecular weight is 158 g/mol. The normalized spacial score (nSPS) is 14.6. The van der Waals surface area contributed by atoms with E-state index >= 15 is 0 Å². The zero-order valence-corrected chi connectivity index (χ0v) is 6.11. The van der Waals surface area contributed by atoms with Crippen molar-refractivity contribution < 1.29 is 15.0 Å². The van der Waals surface area contributed by atoms with Gasteiger partial charge < -0.3 is 15.5 Å². The van der Waals surface area contributed by atoms with Crippen LogP contribution in [0, 0.1) is 11.3 Å². The summed E-state index contributed by atoms with van der Waals surface area (Å²) in [6.45, 7) is 1.68. The minimum atomic E-state index is -1.27.